The van der Waals surface area contributed by atoms with E-state index in [0.717, 1.165) is 19.6 Å². The highest BCUT2D eigenvalue weighted by Crippen LogP contribution is 2.30. The van der Waals surface area contributed by atoms with E-state index < -0.39 is 5.82 Å². The summed E-state index contributed by atoms with van der Waals surface area (Å²) in [6.45, 7) is 5.36. The molecular weight excluding hydrogens is 575 g/mol. The molecule has 1 amide bonds. The monoisotopic (exact) mass is 606 g/mol. The normalized spacial score (nSPS) is 22.7. The molecule has 12 heteroatoms. The summed E-state index contributed by atoms with van der Waals surface area (Å²) in [5.41, 5.74) is 2.30. The van der Waals surface area contributed by atoms with E-state index in [0.29, 0.717) is 66.6 Å². The number of rotatable bonds is 6. The molecule has 3 aliphatic heterocycles. The molecule has 1 aromatic heterocycles. The number of hydrogen-bond acceptors (Lipinski definition) is 9. The number of nitrogens with zero attached hydrogens (tertiary/aromatic N) is 4. The molecule has 224 valence electrons. The lowest BCUT2D eigenvalue weighted by molar-refractivity contribution is -0.116. The Balaban J connectivity index is 1.25. The molecule has 0 saturated carbocycles. The molecule has 43 heavy (non-hydrogen) atoms. The van der Waals surface area contributed by atoms with Crippen molar-refractivity contribution in [3.8, 4) is 11.8 Å². The number of halogens is 2. The van der Waals surface area contributed by atoms with Crippen LogP contribution in [0.25, 0.3) is 10.9 Å². The number of nitrogens with one attached hydrogen (secondary N) is 2. The molecule has 0 spiro atoms. The minimum Gasteiger partial charge on any atom is -0.377 e. The van der Waals surface area contributed by atoms with Crippen molar-refractivity contribution in [2.45, 2.75) is 18.2 Å². The van der Waals surface area contributed by atoms with Gasteiger partial charge in [0.2, 0.25) is 5.91 Å². The summed E-state index contributed by atoms with van der Waals surface area (Å²) >= 11 is 5.98. The second-order valence-electron chi connectivity index (χ2n) is 10.7. The Hall–Kier alpha value is -3.63. The number of fused-ring (bicyclic) bond motifs is 2. The summed E-state index contributed by atoms with van der Waals surface area (Å²) in [4.78, 5) is 26.3. The fourth-order valence-electron chi connectivity index (χ4n) is 5.29. The van der Waals surface area contributed by atoms with Gasteiger partial charge in [-0.1, -0.05) is 29.5 Å². The smallest absolute Gasteiger partial charge is 0.248 e. The Labute approximate surface area is 254 Å². The molecule has 3 saturated heterocycles. The molecule has 6 rings (SSSR count). The van der Waals surface area contributed by atoms with Gasteiger partial charge in [-0.25, -0.2) is 14.4 Å². The van der Waals surface area contributed by atoms with Gasteiger partial charge in [0.05, 0.1) is 66.5 Å². The summed E-state index contributed by atoms with van der Waals surface area (Å²) in [6, 6.07) is 7.87. The Morgan fingerprint density at radius 2 is 1.98 bits per heavy atom. The zero-order valence-corrected chi connectivity index (χ0v) is 24.4. The number of carbonyl (C=O) groups excluding carboxylic acids is 1. The molecule has 3 atom stereocenters. The molecular formula is C31H32ClFN6O4. The van der Waals surface area contributed by atoms with Crippen LogP contribution in [-0.4, -0.2) is 104 Å². The van der Waals surface area contributed by atoms with Crippen molar-refractivity contribution < 1.29 is 23.4 Å². The van der Waals surface area contributed by atoms with Gasteiger partial charge in [-0.3, -0.25) is 14.6 Å². The largest absolute Gasteiger partial charge is 0.377 e. The fourth-order valence-corrected chi connectivity index (χ4v) is 5.47. The fraction of sp³-hybridized carbons (Fsp3) is 0.387. The second-order valence-corrected chi connectivity index (χ2v) is 11.1. The van der Waals surface area contributed by atoms with E-state index in [1.54, 1.807) is 12.1 Å². The molecule has 0 bridgehead atoms. The van der Waals surface area contributed by atoms with Gasteiger partial charge in [-0.2, -0.15) is 0 Å². The standard InChI is InChI=1S/C31H32ClFN6O4/c1-38-9-10-41-18-22(38)6-4-20-13-27-23(31(35-19-34-27)36-21-5-7-25(33)24(32)14-21)15-26(20)37-30(40)3-2-8-39-16-28-29(17-39)43-12-11-42-28/h2-3,5,7,13-15,19,22,28-29H,8-12,16-18H2,1H3,(H,37,40)(H,34,35,36)/b3-2+. The van der Waals surface area contributed by atoms with Gasteiger partial charge in [-0.15, -0.1) is 0 Å². The van der Waals surface area contributed by atoms with Crippen LogP contribution in [0.5, 0.6) is 0 Å². The van der Waals surface area contributed by atoms with Crippen LogP contribution in [-0.2, 0) is 19.0 Å². The molecule has 0 aliphatic carbocycles. The van der Waals surface area contributed by atoms with Crippen LogP contribution < -0.4 is 10.6 Å². The first kappa shape index (κ1) is 29.4. The minimum atomic E-state index is -0.514. The summed E-state index contributed by atoms with van der Waals surface area (Å²) < 4.78 is 30.9. The molecule has 3 aromatic rings. The maximum Gasteiger partial charge on any atom is 0.248 e. The topological polar surface area (TPSA) is 101 Å². The second kappa shape index (κ2) is 13.3. The number of carbonyl (C=O) groups is 1. The molecule has 3 unspecified atom stereocenters. The molecule has 3 fully saturated rings. The Kier molecular flexibility index (Phi) is 9.14. The van der Waals surface area contributed by atoms with Crippen molar-refractivity contribution in [1.29, 1.82) is 0 Å². The highest BCUT2D eigenvalue weighted by molar-refractivity contribution is 6.31. The summed E-state index contributed by atoms with van der Waals surface area (Å²) in [5, 5.41) is 6.80. The summed E-state index contributed by atoms with van der Waals surface area (Å²) in [6.07, 6.45) is 4.96. The van der Waals surface area contributed by atoms with Gasteiger partial charge in [-0.05, 0) is 37.4 Å². The van der Waals surface area contributed by atoms with E-state index >= 15 is 0 Å². The predicted molar refractivity (Wildman–Crippen MR) is 162 cm³/mol. The van der Waals surface area contributed by atoms with Gasteiger partial charge in [0.15, 0.2) is 0 Å². The van der Waals surface area contributed by atoms with E-state index in [1.165, 1.54) is 24.5 Å². The molecule has 2 aromatic carbocycles. The van der Waals surface area contributed by atoms with E-state index in [9.17, 15) is 9.18 Å². The molecule has 3 aliphatic rings. The van der Waals surface area contributed by atoms with Crippen molar-refractivity contribution >= 4 is 45.6 Å². The van der Waals surface area contributed by atoms with Gasteiger partial charge < -0.3 is 24.8 Å². The summed E-state index contributed by atoms with van der Waals surface area (Å²) in [5.74, 6) is 6.18. The van der Waals surface area contributed by atoms with Crippen LogP contribution in [0, 0.1) is 17.7 Å². The van der Waals surface area contributed by atoms with Crippen molar-refractivity contribution in [3.05, 3.63) is 65.2 Å². The Bertz CT molecular complexity index is 1580. The number of morpholine rings is 1. The number of aromatic nitrogens is 2. The third kappa shape index (κ3) is 7.13. The van der Waals surface area contributed by atoms with E-state index in [-0.39, 0.29) is 29.2 Å². The number of hydrogen-bond donors (Lipinski definition) is 2. The van der Waals surface area contributed by atoms with E-state index in [4.69, 9.17) is 25.8 Å². The van der Waals surface area contributed by atoms with Crippen LogP contribution in [0.3, 0.4) is 0 Å². The Morgan fingerprint density at radius 1 is 1.16 bits per heavy atom. The third-order valence-electron chi connectivity index (χ3n) is 7.66. The zero-order chi connectivity index (χ0) is 29.8. The molecule has 2 N–H and O–H groups in total. The quantitative estimate of drug-likeness (QED) is 0.323. The first-order valence-corrected chi connectivity index (χ1v) is 14.5. The number of likely N-dealkylation sites (N-methyl/N-ethyl adjacent to an activating group) is 1. The average Bonchev–Trinajstić information content (AvgIpc) is 3.42. The molecule has 4 heterocycles. The summed E-state index contributed by atoms with van der Waals surface area (Å²) in [7, 11) is 2.01. The van der Waals surface area contributed by atoms with Crippen LogP contribution in [0.15, 0.2) is 48.8 Å². The van der Waals surface area contributed by atoms with E-state index in [2.05, 4.69) is 42.2 Å². The first-order chi connectivity index (χ1) is 20.9. The SMILES string of the molecule is CN1CCOCC1C#Cc1cc2ncnc(Nc3ccc(F)c(Cl)c3)c2cc1NC(=O)/C=C/CN1CC2OCCOC2C1. The van der Waals surface area contributed by atoms with E-state index in [1.807, 2.05) is 19.2 Å². The van der Waals surface area contributed by atoms with Crippen molar-refractivity contribution in [1.82, 2.24) is 19.8 Å². The minimum absolute atomic E-state index is 0.00920. The van der Waals surface area contributed by atoms with Crippen molar-refractivity contribution in [3.63, 3.8) is 0 Å². The average molecular weight is 607 g/mol. The van der Waals surface area contributed by atoms with Gasteiger partial charge in [0, 0.05) is 43.3 Å². The predicted octanol–water partition coefficient (Wildman–Crippen LogP) is 3.44. The number of anilines is 3. The van der Waals surface area contributed by atoms with Gasteiger partial charge >= 0.3 is 0 Å². The lowest BCUT2D eigenvalue weighted by Crippen LogP contribution is -2.41. The number of ether oxygens (including phenoxy) is 3. The van der Waals surface area contributed by atoms with Crippen LogP contribution >= 0.6 is 11.6 Å². The van der Waals surface area contributed by atoms with Crippen molar-refractivity contribution in [2.75, 3.05) is 70.3 Å². The Morgan fingerprint density at radius 3 is 2.74 bits per heavy atom. The highest BCUT2D eigenvalue weighted by Gasteiger charge is 2.35. The number of amides is 1. The first-order valence-electron chi connectivity index (χ1n) is 14.2. The van der Waals surface area contributed by atoms with Crippen LogP contribution in [0.2, 0.25) is 5.02 Å². The lowest BCUT2D eigenvalue weighted by Gasteiger charge is -2.28. The van der Waals surface area contributed by atoms with Gasteiger partial charge in [0.25, 0.3) is 0 Å². The zero-order valence-electron chi connectivity index (χ0n) is 23.7. The maximum absolute atomic E-state index is 13.7. The lowest BCUT2D eigenvalue weighted by atomic mass is 10.1. The molecule has 10 nitrogen and oxygen atoms in total. The highest BCUT2D eigenvalue weighted by atomic mass is 35.5. The number of benzene rings is 2. The third-order valence-corrected chi connectivity index (χ3v) is 7.95. The van der Waals surface area contributed by atoms with Crippen LogP contribution in [0.1, 0.15) is 5.56 Å². The van der Waals surface area contributed by atoms with Crippen LogP contribution in [0.4, 0.5) is 21.6 Å². The van der Waals surface area contributed by atoms with Gasteiger partial charge in [0.1, 0.15) is 18.0 Å². The maximum atomic E-state index is 13.7. The number of likely N-dealkylation sites (tertiary alicyclic amines) is 1. The molecule has 0 radical (unpaired) electrons. The van der Waals surface area contributed by atoms with Crippen molar-refractivity contribution in [2.24, 2.45) is 0 Å².